The monoisotopic (exact) mass is 867 g/mol. The van der Waals surface area contributed by atoms with Gasteiger partial charge in [-0.3, -0.25) is 0 Å². The summed E-state index contributed by atoms with van der Waals surface area (Å²) >= 11 is 0. The van der Waals surface area contributed by atoms with Crippen LogP contribution in [-0.4, -0.2) is 14.5 Å². The molecule has 0 amide bonds. The standard InChI is InChI=1S/C61H37N7/c1-62-54-23-13-10-21-51(54)58-40-56(65-61(66-58)52-22-11-14-24-55(52)63-2)43-28-26-41(27-29-43)44-32-36-49(57(38-44)64-3)42-30-33-47(34-31-42)68-59-25-15-12-20-50(59)53-39-48(35-37-60(53)68)67(45-16-6-4-7-17-45)46-18-8-5-9-19-46/h4-40H. The largest absolute Gasteiger partial charge is 0.310 e. The fourth-order valence-corrected chi connectivity index (χ4v) is 9.05. The van der Waals surface area contributed by atoms with Crippen molar-refractivity contribution < 1.29 is 0 Å². The molecule has 0 saturated carbocycles. The molecule has 2 aromatic heterocycles. The second-order valence-corrected chi connectivity index (χ2v) is 16.2. The smallest absolute Gasteiger partial charge is 0.198 e. The number of hydrogen-bond acceptors (Lipinski definition) is 3. The number of aromatic nitrogens is 3. The summed E-state index contributed by atoms with van der Waals surface area (Å²) in [6.07, 6.45) is 0. The van der Waals surface area contributed by atoms with E-state index in [-0.39, 0.29) is 0 Å². The third-order valence-corrected chi connectivity index (χ3v) is 12.3. The van der Waals surface area contributed by atoms with Crippen LogP contribution < -0.4 is 4.90 Å². The molecule has 0 unspecified atom stereocenters. The normalized spacial score (nSPS) is 10.9. The van der Waals surface area contributed by atoms with Crippen molar-refractivity contribution >= 4 is 55.9 Å². The molecular formula is C61H37N7. The molecule has 0 spiro atoms. The summed E-state index contributed by atoms with van der Waals surface area (Å²) in [7, 11) is 0. The van der Waals surface area contributed by atoms with E-state index in [4.69, 9.17) is 29.7 Å². The van der Waals surface area contributed by atoms with Gasteiger partial charge in [0.2, 0.25) is 0 Å². The van der Waals surface area contributed by atoms with Gasteiger partial charge in [0, 0.05) is 50.2 Å². The Hall–Kier alpha value is -9.87. The highest BCUT2D eigenvalue weighted by atomic mass is 15.1. The molecule has 0 fully saturated rings. The van der Waals surface area contributed by atoms with Crippen LogP contribution in [-0.2, 0) is 0 Å². The quantitative estimate of drug-likeness (QED) is 0.136. The van der Waals surface area contributed by atoms with Gasteiger partial charge < -0.3 is 9.47 Å². The molecule has 2 heterocycles. The molecule has 0 saturated heterocycles. The first-order chi connectivity index (χ1) is 33.6. The van der Waals surface area contributed by atoms with Gasteiger partial charge in [0.05, 0.1) is 42.1 Å². The average molecular weight is 868 g/mol. The molecule has 0 aliphatic rings. The lowest BCUT2D eigenvalue weighted by Gasteiger charge is -2.25. The van der Waals surface area contributed by atoms with Crippen LogP contribution in [0.25, 0.3) is 98.2 Å². The second kappa shape index (κ2) is 17.6. The Kier molecular flexibility index (Phi) is 10.6. The molecule has 0 aliphatic carbocycles. The van der Waals surface area contributed by atoms with Gasteiger partial charge in [-0.05, 0) is 95.1 Å². The van der Waals surface area contributed by atoms with Crippen LogP contribution in [0.5, 0.6) is 0 Å². The summed E-state index contributed by atoms with van der Waals surface area (Å²) in [5.74, 6) is 0.414. The van der Waals surface area contributed by atoms with E-state index in [1.165, 1.54) is 5.39 Å². The summed E-state index contributed by atoms with van der Waals surface area (Å²) in [6, 6.07) is 75.4. The minimum Gasteiger partial charge on any atom is -0.310 e. The molecule has 0 atom stereocenters. The van der Waals surface area contributed by atoms with Crippen LogP contribution in [0.4, 0.5) is 34.1 Å². The van der Waals surface area contributed by atoms with Crippen molar-refractivity contribution in [1.82, 2.24) is 14.5 Å². The van der Waals surface area contributed by atoms with Gasteiger partial charge in [-0.1, -0.05) is 152 Å². The maximum atomic E-state index is 8.24. The Labute approximate surface area is 394 Å². The Morgan fingerprint density at radius 1 is 0.353 bits per heavy atom. The van der Waals surface area contributed by atoms with Crippen LogP contribution in [0.1, 0.15) is 0 Å². The van der Waals surface area contributed by atoms with Gasteiger partial charge in [-0.25, -0.2) is 24.5 Å². The van der Waals surface area contributed by atoms with Crippen LogP contribution in [0.3, 0.4) is 0 Å². The minimum absolute atomic E-state index is 0.414. The highest BCUT2D eigenvalue weighted by Crippen LogP contribution is 2.42. The van der Waals surface area contributed by atoms with E-state index < -0.39 is 0 Å². The molecule has 9 aromatic carbocycles. The van der Waals surface area contributed by atoms with Gasteiger partial charge in [0.15, 0.2) is 17.1 Å². The van der Waals surface area contributed by atoms with E-state index in [9.17, 15) is 0 Å². The number of para-hydroxylation sites is 5. The van der Waals surface area contributed by atoms with Crippen molar-refractivity contribution in [3.63, 3.8) is 0 Å². The third kappa shape index (κ3) is 7.47. The van der Waals surface area contributed by atoms with Gasteiger partial charge >= 0.3 is 0 Å². The SMILES string of the molecule is [C-]#[N+]c1cc(-c2ccc(-c3cc(-c4ccccc4[N+]#[C-])nc(-c4ccccc4[N+]#[C-])n3)cc2)ccc1-c1ccc(-n2c3ccccc3c3cc(N(c4ccccc4)c4ccccc4)ccc32)cc1. The van der Waals surface area contributed by atoms with E-state index in [2.05, 4.69) is 145 Å². The third-order valence-electron chi connectivity index (χ3n) is 12.3. The van der Waals surface area contributed by atoms with E-state index >= 15 is 0 Å². The summed E-state index contributed by atoms with van der Waals surface area (Å²) in [4.78, 5) is 23.6. The molecule has 0 aliphatic heterocycles. The van der Waals surface area contributed by atoms with Crippen LogP contribution in [0.15, 0.2) is 224 Å². The van der Waals surface area contributed by atoms with Crippen molar-refractivity contribution in [2.24, 2.45) is 0 Å². The number of rotatable bonds is 9. The molecule has 0 radical (unpaired) electrons. The van der Waals surface area contributed by atoms with Crippen molar-refractivity contribution in [2.75, 3.05) is 4.90 Å². The zero-order chi connectivity index (χ0) is 46.0. The Morgan fingerprint density at radius 3 is 1.59 bits per heavy atom. The zero-order valence-corrected chi connectivity index (χ0v) is 36.5. The fraction of sp³-hybridized carbons (Fsp3) is 0. The molecule has 68 heavy (non-hydrogen) atoms. The van der Waals surface area contributed by atoms with Crippen LogP contribution in [0.2, 0.25) is 0 Å². The van der Waals surface area contributed by atoms with Crippen molar-refractivity contribution in [2.45, 2.75) is 0 Å². The van der Waals surface area contributed by atoms with Crippen molar-refractivity contribution in [1.29, 1.82) is 0 Å². The van der Waals surface area contributed by atoms with Gasteiger partial charge in [-0.15, -0.1) is 0 Å². The summed E-state index contributed by atoms with van der Waals surface area (Å²) in [5.41, 5.74) is 15.2. The van der Waals surface area contributed by atoms with E-state index in [0.29, 0.717) is 45.4 Å². The average Bonchev–Trinajstić information content (AvgIpc) is 3.75. The highest BCUT2D eigenvalue weighted by Gasteiger charge is 2.19. The van der Waals surface area contributed by atoms with E-state index in [1.807, 2.05) is 91.0 Å². The molecular weight excluding hydrogens is 831 g/mol. The summed E-state index contributed by atoms with van der Waals surface area (Å²) in [6.45, 7) is 23.8. The first kappa shape index (κ1) is 40.9. The Balaban J connectivity index is 0.908. The molecule has 7 heteroatoms. The van der Waals surface area contributed by atoms with Gasteiger partial charge in [0.25, 0.3) is 0 Å². The molecule has 11 rings (SSSR count). The predicted octanol–water partition coefficient (Wildman–Crippen LogP) is 17.0. The molecule has 316 valence electrons. The summed E-state index contributed by atoms with van der Waals surface area (Å²) in [5, 5.41) is 2.33. The van der Waals surface area contributed by atoms with Gasteiger partial charge in [0.1, 0.15) is 5.82 Å². The lowest BCUT2D eigenvalue weighted by Crippen LogP contribution is -2.09. The molecule has 7 nitrogen and oxygen atoms in total. The van der Waals surface area contributed by atoms with Gasteiger partial charge in [-0.2, -0.15) is 0 Å². The lowest BCUT2D eigenvalue weighted by molar-refractivity contribution is 1.18. The first-order valence-electron chi connectivity index (χ1n) is 22.1. The summed E-state index contributed by atoms with van der Waals surface area (Å²) < 4.78 is 2.32. The maximum Gasteiger partial charge on any atom is 0.198 e. The maximum absolute atomic E-state index is 8.24. The number of anilines is 3. The number of hydrogen-bond donors (Lipinski definition) is 0. The molecule has 11 aromatic rings. The lowest BCUT2D eigenvalue weighted by atomic mass is 9.97. The van der Waals surface area contributed by atoms with Crippen molar-refractivity contribution in [3.8, 4) is 61.8 Å². The van der Waals surface area contributed by atoms with Crippen LogP contribution >= 0.6 is 0 Å². The first-order valence-corrected chi connectivity index (χ1v) is 22.1. The van der Waals surface area contributed by atoms with Crippen LogP contribution in [0, 0.1) is 19.7 Å². The second-order valence-electron chi connectivity index (χ2n) is 16.2. The molecule has 0 bridgehead atoms. The predicted molar refractivity (Wildman–Crippen MR) is 277 cm³/mol. The molecule has 0 N–H and O–H groups in total. The van der Waals surface area contributed by atoms with E-state index in [0.717, 1.165) is 67.0 Å². The number of fused-ring (bicyclic) bond motifs is 3. The fourth-order valence-electron chi connectivity index (χ4n) is 9.05. The van der Waals surface area contributed by atoms with E-state index in [1.54, 1.807) is 12.1 Å². The number of benzene rings is 9. The zero-order valence-electron chi connectivity index (χ0n) is 36.5. The number of nitrogens with zero attached hydrogens (tertiary/aromatic N) is 7. The Bertz CT molecular complexity index is 3700. The topological polar surface area (TPSA) is 47.0 Å². The minimum atomic E-state index is 0.414. The Morgan fingerprint density at radius 2 is 0.897 bits per heavy atom. The highest BCUT2D eigenvalue weighted by molar-refractivity contribution is 6.10. The van der Waals surface area contributed by atoms with Crippen molar-refractivity contribution in [3.05, 3.63) is 259 Å².